The van der Waals surface area contributed by atoms with Crippen LogP contribution in [0.5, 0.6) is 0 Å². The van der Waals surface area contributed by atoms with Crippen molar-refractivity contribution in [3.63, 3.8) is 0 Å². The van der Waals surface area contributed by atoms with Crippen molar-refractivity contribution in [2.24, 2.45) is 10.4 Å². The highest BCUT2D eigenvalue weighted by atomic mass is 16.1. The standard InChI is InChI=1S/C10H20N2O/c1-6-11-9(12-7-2)8(13)10(3,4)5/h6-7H2,1-5H3,(H,11,12). The SMILES string of the molecule is CCN=C(NCC)C(=O)C(C)(C)C. The van der Waals surface area contributed by atoms with Crippen molar-refractivity contribution in [2.75, 3.05) is 13.1 Å². The Morgan fingerprint density at radius 3 is 2.15 bits per heavy atom. The fourth-order valence-corrected chi connectivity index (χ4v) is 0.889. The molecule has 0 radical (unpaired) electrons. The van der Waals surface area contributed by atoms with Crippen LogP contribution in [0.3, 0.4) is 0 Å². The van der Waals surface area contributed by atoms with Crippen LogP contribution in [-0.4, -0.2) is 24.7 Å². The summed E-state index contributed by atoms with van der Waals surface area (Å²) in [5.41, 5.74) is -0.351. The number of amidine groups is 1. The summed E-state index contributed by atoms with van der Waals surface area (Å²) in [4.78, 5) is 15.9. The van der Waals surface area contributed by atoms with Crippen LogP contribution in [0.1, 0.15) is 34.6 Å². The van der Waals surface area contributed by atoms with E-state index < -0.39 is 0 Å². The number of ketones is 1. The number of carbonyl (C=O) groups is 1. The van der Waals surface area contributed by atoms with Crippen LogP contribution in [0, 0.1) is 5.41 Å². The second kappa shape index (κ2) is 5.00. The van der Waals surface area contributed by atoms with E-state index in [0.29, 0.717) is 12.4 Å². The van der Waals surface area contributed by atoms with Crippen LogP contribution in [0.2, 0.25) is 0 Å². The van der Waals surface area contributed by atoms with E-state index in [-0.39, 0.29) is 11.2 Å². The average molecular weight is 184 g/mol. The number of hydrogen-bond donors (Lipinski definition) is 1. The maximum absolute atomic E-state index is 11.8. The normalized spacial score (nSPS) is 12.8. The van der Waals surface area contributed by atoms with Crippen LogP contribution in [0.4, 0.5) is 0 Å². The molecule has 13 heavy (non-hydrogen) atoms. The van der Waals surface area contributed by atoms with Crippen LogP contribution in [0.15, 0.2) is 4.99 Å². The van der Waals surface area contributed by atoms with Crippen molar-refractivity contribution in [1.82, 2.24) is 5.32 Å². The molecule has 0 rings (SSSR count). The molecule has 0 atom stereocenters. The van der Waals surface area contributed by atoms with E-state index in [1.807, 2.05) is 34.6 Å². The molecule has 1 N–H and O–H groups in total. The largest absolute Gasteiger partial charge is 0.368 e. The lowest BCUT2D eigenvalue weighted by Gasteiger charge is -2.18. The first-order chi connectivity index (χ1) is 5.93. The Balaban J connectivity index is 4.57. The molecule has 0 aliphatic carbocycles. The van der Waals surface area contributed by atoms with Crippen LogP contribution >= 0.6 is 0 Å². The monoisotopic (exact) mass is 184 g/mol. The maximum Gasteiger partial charge on any atom is 0.202 e. The van der Waals surface area contributed by atoms with Crippen LogP contribution in [0.25, 0.3) is 0 Å². The minimum absolute atomic E-state index is 0.0798. The topological polar surface area (TPSA) is 41.5 Å². The summed E-state index contributed by atoms with van der Waals surface area (Å²) in [6.07, 6.45) is 0. The summed E-state index contributed by atoms with van der Waals surface area (Å²) in [7, 11) is 0. The first-order valence-electron chi connectivity index (χ1n) is 4.76. The number of likely N-dealkylation sites (N-methyl/N-ethyl adjacent to an activating group) is 1. The highest BCUT2D eigenvalue weighted by Gasteiger charge is 2.25. The van der Waals surface area contributed by atoms with E-state index in [2.05, 4.69) is 10.3 Å². The minimum atomic E-state index is -0.351. The second-order valence-electron chi connectivity index (χ2n) is 3.93. The summed E-state index contributed by atoms with van der Waals surface area (Å²) >= 11 is 0. The van der Waals surface area contributed by atoms with E-state index >= 15 is 0 Å². The summed E-state index contributed by atoms with van der Waals surface area (Å²) in [5, 5.41) is 2.99. The van der Waals surface area contributed by atoms with E-state index in [4.69, 9.17) is 0 Å². The predicted molar refractivity (Wildman–Crippen MR) is 56.1 cm³/mol. The van der Waals surface area contributed by atoms with Crippen molar-refractivity contribution < 1.29 is 4.79 Å². The van der Waals surface area contributed by atoms with Crippen molar-refractivity contribution in [1.29, 1.82) is 0 Å². The molecule has 3 heteroatoms. The summed E-state index contributed by atoms with van der Waals surface area (Å²) in [6, 6.07) is 0. The summed E-state index contributed by atoms with van der Waals surface area (Å²) in [5.74, 6) is 0.591. The Bertz CT molecular complexity index is 201. The molecule has 0 unspecified atom stereocenters. The highest BCUT2D eigenvalue weighted by Crippen LogP contribution is 2.14. The van der Waals surface area contributed by atoms with Gasteiger partial charge in [0.15, 0.2) is 5.84 Å². The second-order valence-corrected chi connectivity index (χ2v) is 3.93. The van der Waals surface area contributed by atoms with Gasteiger partial charge in [0, 0.05) is 18.5 Å². The zero-order valence-electron chi connectivity index (χ0n) is 9.27. The molecule has 0 spiro atoms. The summed E-state index contributed by atoms with van der Waals surface area (Å²) in [6.45, 7) is 11.0. The van der Waals surface area contributed by atoms with Gasteiger partial charge in [-0.1, -0.05) is 20.8 Å². The Morgan fingerprint density at radius 2 is 1.85 bits per heavy atom. The molecule has 0 amide bonds. The average Bonchev–Trinajstić information content (AvgIpc) is 2.01. The molecule has 0 saturated carbocycles. The number of rotatable bonds is 3. The third-order valence-corrected chi connectivity index (χ3v) is 1.56. The van der Waals surface area contributed by atoms with Crippen LogP contribution in [-0.2, 0) is 4.79 Å². The quantitative estimate of drug-likeness (QED) is 0.535. The van der Waals surface area contributed by atoms with Gasteiger partial charge in [0.25, 0.3) is 0 Å². The Kier molecular flexibility index (Phi) is 4.67. The number of carbonyl (C=O) groups excluding carboxylic acids is 1. The molecule has 0 aliphatic heterocycles. The van der Waals surface area contributed by atoms with Gasteiger partial charge in [-0.25, -0.2) is 0 Å². The molecule has 0 saturated heterocycles. The van der Waals surface area contributed by atoms with Crippen LogP contribution < -0.4 is 5.32 Å². The van der Waals surface area contributed by atoms with Gasteiger partial charge in [-0.3, -0.25) is 9.79 Å². The Labute approximate surface area is 80.6 Å². The molecule has 0 aromatic heterocycles. The first-order valence-corrected chi connectivity index (χ1v) is 4.76. The molecule has 0 aliphatic rings. The zero-order valence-corrected chi connectivity index (χ0v) is 9.27. The van der Waals surface area contributed by atoms with Crippen molar-refractivity contribution in [2.45, 2.75) is 34.6 Å². The van der Waals surface area contributed by atoms with Gasteiger partial charge in [-0.05, 0) is 13.8 Å². The van der Waals surface area contributed by atoms with Crippen molar-refractivity contribution in [3.8, 4) is 0 Å². The first kappa shape index (κ1) is 12.1. The van der Waals surface area contributed by atoms with Gasteiger partial charge >= 0.3 is 0 Å². The van der Waals surface area contributed by atoms with E-state index in [1.54, 1.807) is 0 Å². The number of hydrogen-bond acceptors (Lipinski definition) is 2. The van der Waals surface area contributed by atoms with Gasteiger partial charge in [0.1, 0.15) is 0 Å². The van der Waals surface area contributed by atoms with E-state index in [0.717, 1.165) is 6.54 Å². The van der Waals surface area contributed by atoms with Gasteiger partial charge in [-0.15, -0.1) is 0 Å². The fraction of sp³-hybridized carbons (Fsp3) is 0.800. The van der Waals surface area contributed by atoms with Gasteiger partial charge in [0.05, 0.1) is 0 Å². The zero-order chi connectivity index (χ0) is 10.5. The smallest absolute Gasteiger partial charge is 0.202 e. The lowest BCUT2D eigenvalue weighted by atomic mass is 9.90. The third-order valence-electron chi connectivity index (χ3n) is 1.56. The number of nitrogens with zero attached hydrogens (tertiary/aromatic N) is 1. The lowest BCUT2D eigenvalue weighted by Crippen LogP contribution is -2.38. The number of nitrogens with one attached hydrogen (secondary N) is 1. The number of aliphatic imine (C=N–C) groups is 1. The third kappa shape index (κ3) is 4.06. The molecule has 0 aromatic carbocycles. The highest BCUT2D eigenvalue weighted by molar-refractivity contribution is 6.40. The van der Waals surface area contributed by atoms with Crippen molar-refractivity contribution in [3.05, 3.63) is 0 Å². The molecule has 76 valence electrons. The Morgan fingerprint density at radius 1 is 1.31 bits per heavy atom. The molecule has 0 heterocycles. The molecule has 0 fully saturated rings. The molecular weight excluding hydrogens is 164 g/mol. The van der Waals surface area contributed by atoms with Crippen molar-refractivity contribution >= 4 is 11.6 Å². The van der Waals surface area contributed by atoms with Gasteiger partial charge < -0.3 is 5.32 Å². The predicted octanol–water partition coefficient (Wildman–Crippen LogP) is 1.63. The van der Waals surface area contributed by atoms with E-state index in [9.17, 15) is 4.79 Å². The maximum atomic E-state index is 11.8. The molecule has 3 nitrogen and oxygen atoms in total. The number of Topliss-reactive ketones (excluding diaryl/α,β-unsaturated/α-hetero) is 1. The van der Waals surface area contributed by atoms with Gasteiger partial charge in [-0.2, -0.15) is 0 Å². The molecule has 0 aromatic rings. The summed E-state index contributed by atoms with van der Waals surface area (Å²) < 4.78 is 0. The Hall–Kier alpha value is -0.860. The van der Waals surface area contributed by atoms with Gasteiger partial charge in [0.2, 0.25) is 5.78 Å². The fourth-order valence-electron chi connectivity index (χ4n) is 0.889. The molecular formula is C10H20N2O. The van der Waals surface area contributed by atoms with E-state index in [1.165, 1.54) is 0 Å². The minimum Gasteiger partial charge on any atom is -0.368 e. The molecule has 0 bridgehead atoms. The lowest BCUT2D eigenvalue weighted by molar-refractivity contribution is -0.119.